The molecule has 0 aromatic heterocycles. The third-order valence-electron chi connectivity index (χ3n) is 2.96. The highest BCUT2D eigenvalue weighted by molar-refractivity contribution is 4.74. The van der Waals surface area contributed by atoms with Crippen molar-refractivity contribution in [3.63, 3.8) is 0 Å². The van der Waals surface area contributed by atoms with Gasteiger partial charge in [0.1, 0.15) is 0 Å². The summed E-state index contributed by atoms with van der Waals surface area (Å²) >= 11 is 0. The standard InChI is InChI=1S/C11H23NO2/c1-10(12-6-3-7-13-2)11-4-8-14-9-5-11/h10-12H,3-9H2,1-2H3. The fraction of sp³-hybridized carbons (Fsp3) is 1.00. The summed E-state index contributed by atoms with van der Waals surface area (Å²) in [5.74, 6) is 0.797. The molecule has 0 radical (unpaired) electrons. The van der Waals surface area contributed by atoms with E-state index in [1.54, 1.807) is 7.11 Å². The molecule has 3 heteroatoms. The molecule has 1 unspecified atom stereocenters. The Balaban J connectivity index is 2.04. The number of methoxy groups -OCH3 is 1. The lowest BCUT2D eigenvalue weighted by atomic mass is 9.93. The molecule has 1 N–H and O–H groups in total. The SMILES string of the molecule is COCCCNC(C)C1CCOCC1. The normalized spacial score (nSPS) is 21.0. The predicted molar refractivity (Wildman–Crippen MR) is 57.5 cm³/mol. The highest BCUT2D eigenvalue weighted by atomic mass is 16.5. The summed E-state index contributed by atoms with van der Waals surface area (Å²) in [6.45, 7) is 6.08. The van der Waals surface area contributed by atoms with Crippen LogP contribution in [0.3, 0.4) is 0 Å². The van der Waals surface area contributed by atoms with Crippen molar-refractivity contribution in [1.29, 1.82) is 0 Å². The van der Waals surface area contributed by atoms with Crippen molar-refractivity contribution < 1.29 is 9.47 Å². The van der Waals surface area contributed by atoms with Crippen molar-refractivity contribution in [1.82, 2.24) is 5.32 Å². The van der Waals surface area contributed by atoms with Gasteiger partial charge < -0.3 is 14.8 Å². The summed E-state index contributed by atoms with van der Waals surface area (Å²) < 4.78 is 10.4. The van der Waals surface area contributed by atoms with Crippen molar-refractivity contribution >= 4 is 0 Å². The molecule has 1 atom stereocenters. The number of hydrogen-bond donors (Lipinski definition) is 1. The third kappa shape index (κ3) is 4.40. The van der Waals surface area contributed by atoms with Crippen molar-refractivity contribution in [2.45, 2.75) is 32.2 Å². The maximum Gasteiger partial charge on any atom is 0.0474 e. The number of rotatable bonds is 6. The number of hydrogen-bond acceptors (Lipinski definition) is 3. The van der Waals surface area contributed by atoms with Crippen molar-refractivity contribution in [2.24, 2.45) is 5.92 Å². The second-order valence-corrected chi connectivity index (χ2v) is 4.04. The van der Waals surface area contributed by atoms with Gasteiger partial charge in [-0.2, -0.15) is 0 Å². The van der Waals surface area contributed by atoms with Crippen molar-refractivity contribution in [3.05, 3.63) is 0 Å². The molecule has 0 spiro atoms. The van der Waals surface area contributed by atoms with Gasteiger partial charge in [0.05, 0.1) is 0 Å². The van der Waals surface area contributed by atoms with E-state index in [0.717, 1.165) is 38.7 Å². The molecule has 1 rings (SSSR count). The Morgan fingerprint density at radius 1 is 1.43 bits per heavy atom. The summed E-state index contributed by atoms with van der Waals surface area (Å²) in [5, 5.41) is 3.55. The molecule has 1 fully saturated rings. The van der Waals surface area contributed by atoms with E-state index in [0.29, 0.717) is 6.04 Å². The maximum atomic E-state index is 5.35. The largest absolute Gasteiger partial charge is 0.385 e. The van der Waals surface area contributed by atoms with E-state index in [1.807, 2.05) is 0 Å². The summed E-state index contributed by atoms with van der Waals surface area (Å²) in [5.41, 5.74) is 0. The first-order valence-electron chi connectivity index (χ1n) is 5.64. The van der Waals surface area contributed by atoms with E-state index in [4.69, 9.17) is 9.47 Å². The van der Waals surface area contributed by atoms with Crippen molar-refractivity contribution in [2.75, 3.05) is 33.5 Å². The minimum atomic E-state index is 0.621. The Morgan fingerprint density at radius 2 is 2.14 bits per heavy atom. The monoisotopic (exact) mass is 201 g/mol. The molecule has 1 aliphatic rings. The van der Waals surface area contributed by atoms with Crippen LogP contribution in [-0.2, 0) is 9.47 Å². The van der Waals surface area contributed by atoms with E-state index < -0.39 is 0 Å². The second kappa shape index (κ2) is 7.21. The maximum absolute atomic E-state index is 5.35. The molecule has 1 aliphatic heterocycles. The summed E-state index contributed by atoms with van der Waals surface area (Å²) in [6.07, 6.45) is 3.51. The van der Waals surface area contributed by atoms with Gasteiger partial charge in [-0.15, -0.1) is 0 Å². The highest BCUT2D eigenvalue weighted by Crippen LogP contribution is 2.18. The van der Waals surface area contributed by atoms with Gasteiger partial charge in [0.25, 0.3) is 0 Å². The molecule has 1 saturated heterocycles. The minimum Gasteiger partial charge on any atom is -0.385 e. The molecule has 1 heterocycles. The van der Waals surface area contributed by atoms with Gasteiger partial charge in [-0.3, -0.25) is 0 Å². The first-order valence-corrected chi connectivity index (χ1v) is 5.64. The molecular formula is C11H23NO2. The van der Waals surface area contributed by atoms with Crippen LogP contribution >= 0.6 is 0 Å². The molecule has 3 nitrogen and oxygen atoms in total. The van der Waals surface area contributed by atoms with E-state index in [-0.39, 0.29) is 0 Å². The Morgan fingerprint density at radius 3 is 2.79 bits per heavy atom. The highest BCUT2D eigenvalue weighted by Gasteiger charge is 2.19. The summed E-state index contributed by atoms with van der Waals surface area (Å²) in [4.78, 5) is 0. The lowest BCUT2D eigenvalue weighted by Gasteiger charge is -2.28. The van der Waals surface area contributed by atoms with Gasteiger partial charge in [0.2, 0.25) is 0 Å². The summed E-state index contributed by atoms with van der Waals surface area (Å²) in [6, 6.07) is 0.621. The van der Waals surface area contributed by atoms with E-state index >= 15 is 0 Å². The quantitative estimate of drug-likeness (QED) is 0.659. The second-order valence-electron chi connectivity index (χ2n) is 4.04. The first-order chi connectivity index (χ1) is 6.84. The Bertz CT molecular complexity index is 135. The number of nitrogens with one attached hydrogen (secondary N) is 1. The van der Waals surface area contributed by atoms with Gasteiger partial charge in [0.15, 0.2) is 0 Å². The number of ether oxygens (including phenoxy) is 2. The molecule has 84 valence electrons. The van der Waals surface area contributed by atoms with E-state index in [9.17, 15) is 0 Å². The van der Waals surface area contributed by atoms with Crippen LogP contribution in [0.5, 0.6) is 0 Å². The van der Waals surface area contributed by atoms with Gasteiger partial charge in [-0.25, -0.2) is 0 Å². The Kier molecular flexibility index (Phi) is 6.15. The summed E-state index contributed by atoms with van der Waals surface area (Å²) in [7, 11) is 1.75. The predicted octanol–water partition coefficient (Wildman–Crippen LogP) is 1.43. The van der Waals surface area contributed by atoms with Crippen LogP contribution in [-0.4, -0.2) is 39.5 Å². The van der Waals surface area contributed by atoms with Crippen LogP contribution in [0.25, 0.3) is 0 Å². The Hall–Kier alpha value is -0.120. The van der Waals surface area contributed by atoms with Gasteiger partial charge in [-0.05, 0) is 38.6 Å². The molecule has 0 aromatic rings. The molecule has 0 amide bonds. The molecule has 0 aromatic carbocycles. The molecular weight excluding hydrogens is 178 g/mol. The van der Waals surface area contributed by atoms with Crippen molar-refractivity contribution in [3.8, 4) is 0 Å². The molecule has 0 saturated carbocycles. The van der Waals surface area contributed by atoms with Crippen LogP contribution in [0.2, 0.25) is 0 Å². The average Bonchev–Trinajstić information content (AvgIpc) is 2.25. The van der Waals surface area contributed by atoms with Gasteiger partial charge in [-0.1, -0.05) is 0 Å². The lowest BCUT2D eigenvalue weighted by molar-refractivity contribution is 0.0557. The zero-order valence-corrected chi connectivity index (χ0v) is 9.42. The average molecular weight is 201 g/mol. The smallest absolute Gasteiger partial charge is 0.0474 e. The first kappa shape index (κ1) is 12.0. The van der Waals surface area contributed by atoms with Crippen LogP contribution in [0, 0.1) is 5.92 Å². The third-order valence-corrected chi connectivity index (χ3v) is 2.96. The molecule has 0 bridgehead atoms. The fourth-order valence-corrected chi connectivity index (χ4v) is 1.93. The Labute approximate surface area is 87.2 Å². The van der Waals surface area contributed by atoms with Gasteiger partial charge in [0, 0.05) is 33.0 Å². The van der Waals surface area contributed by atoms with E-state index in [1.165, 1.54) is 12.8 Å². The van der Waals surface area contributed by atoms with Crippen LogP contribution < -0.4 is 5.32 Å². The molecule has 14 heavy (non-hydrogen) atoms. The zero-order valence-electron chi connectivity index (χ0n) is 9.42. The van der Waals surface area contributed by atoms with Gasteiger partial charge >= 0.3 is 0 Å². The van der Waals surface area contributed by atoms with Crippen LogP contribution in [0.1, 0.15) is 26.2 Å². The fourth-order valence-electron chi connectivity index (χ4n) is 1.93. The minimum absolute atomic E-state index is 0.621. The lowest BCUT2D eigenvalue weighted by Crippen LogP contribution is -2.37. The van der Waals surface area contributed by atoms with E-state index in [2.05, 4.69) is 12.2 Å². The molecule has 0 aliphatic carbocycles. The zero-order chi connectivity index (χ0) is 10.2. The van der Waals surface area contributed by atoms with Crippen LogP contribution in [0.4, 0.5) is 0 Å². The topological polar surface area (TPSA) is 30.5 Å². The van der Waals surface area contributed by atoms with Crippen LogP contribution in [0.15, 0.2) is 0 Å².